The number of hydrogen-bond donors (Lipinski definition) is 1. The lowest BCUT2D eigenvalue weighted by Crippen LogP contribution is -2.06. The summed E-state index contributed by atoms with van der Waals surface area (Å²) in [7, 11) is 1.35. The molecule has 0 aromatic rings. The molecular weight excluding hydrogens is 160 g/mol. The molecule has 0 aromatic carbocycles. The SMILES string of the molecule is CCC(C)C(=O)O.COC(C)=O. The van der Waals surface area contributed by atoms with Crippen molar-refractivity contribution in [2.24, 2.45) is 5.92 Å². The normalized spacial score (nSPS) is 10.7. The molecule has 0 rings (SSSR count). The van der Waals surface area contributed by atoms with Crippen LogP contribution in [0, 0.1) is 5.92 Å². The van der Waals surface area contributed by atoms with Gasteiger partial charge < -0.3 is 9.84 Å². The zero-order valence-electron chi connectivity index (χ0n) is 7.96. The summed E-state index contributed by atoms with van der Waals surface area (Å²) in [6.45, 7) is 4.92. The van der Waals surface area contributed by atoms with Crippen molar-refractivity contribution >= 4 is 11.9 Å². The molecule has 4 nitrogen and oxygen atoms in total. The number of ether oxygens (including phenoxy) is 1. The first-order valence-corrected chi connectivity index (χ1v) is 3.73. The Morgan fingerprint density at radius 3 is 1.83 bits per heavy atom. The Bertz CT molecular complexity index is 142. The lowest BCUT2D eigenvalue weighted by molar-refractivity contribution is -0.141. The number of esters is 1. The molecule has 0 bridgehead atoms. The van der Waals surface area contributed by atoms with Crippen LogP contribution in [0.15, 0.2) is 0 Å². The van der Waals surface area contributed by atoms with E-state index in [0.29, 0.717) is 0 Å². The van der Waals surface area contributed by atoms with Crippen molar-refractivity contribution in [3.8, 4) is 0 Å². The molecule has 4 heteroatoms. The van der Waals surface area contributed by atoms with E-state index in [0.717, 1.165) is 6.42 Å². The van der Waals surface area contributed by atoms with E-state index in [-0.39, 0.29) is 11.9 Å². The lowest BCUT2D eigenvalue weighted by Gasteiger charge is -1.96. The fraction of sp³-hybridized carbons (Fsp3) is 0.750. The summed E-state index contributed by atoms with van der Waals surface area (Å²) in [5.74, 6) is -1.13. The highest BCUT2D eigenvalue weighted by Crippen LogP contribution is 1.97. The second kappa shape index (κ2) is 8.04. The molecule has 0 aliphatic rings. The van der Waals surface area contributed by atoms with Crippen LogP contribution < -0.4 is 0 Å². The zero-order chi connectivity index (χ0) is 10.1. The number of carbonyl (C=O) groups excluding carboxylic acids is 1. The third-order valence-electron chi connectivity index (χ3n) is 1.32. The van der Waals surface area contributed by atoms with Crippen molar-refractivity contribution in [1.29, 1.82) is 0 Å². The molecule has 0 aliphatic carbocycles. The van der Waals surface area contributed by atoms with Crippen molar-refractivity contribution < 1.29 is 19.4 Å². The molecule has 0 heterocycles. The topological polar surface area (TPSA) is 63.6 Å². The van der Waals surface area contributed by atoms with Gasteiger partial charge in [-0.05, 0) is 6.42 Å². The van der Waals surface area contributed by atoms with Crippen molar-refractivity contribution in [3.05, 3.63) is 0 Å². The Balaban J connectivity index is 0. The Morgan fingerprint density at radius 1 is 1.50 bits per heavy atom. The third kappa shape index (κ3) is 11.7. The monoisotopic (exact) mass is 176 g/mol. The maximum absolute atomic E-state index is 9.93. The number of carboxylic acid groups (broad SMARTS) is 1. The average Bonchev–Trinajstić information content (AvgIpc) is 2.04. The fourth-order valence-electron chi connectivity index (χ4n) is 0.175. The van der Waals surface area contributed by atoms with Gasteiger partial charge in [-0.2, -0.15) is 0 Å². The molecule has 0 radical (unpaired) electrons. The second-order valence-corrected chi connectivity index (χ2v) is 2.34. The van der Waals surface area contributed by atoms with Gasteiger partial charge in [0.1, 0.15) is 0 Å². The quantitative estimate of drug-likeness (QED) is 0.644. The number of methoxy groups -OCH3 is 1. The van der Waals surface area contributed by atoms with E-state index in [1.165, 1.54) is 14.0 Å². The fourth-order valence-corrected chi connectivity index (χ4v) is 0.175. The first kappa shape index (κ1) is 13.5. The molecule has 72 valence electrons. The molecule has 1 atom stereocenters. The van der Waals surface area contributed by atoms with Crippen LogP contribution in [0.4, 0.5) is 0 Å². The predicted molar refractivity (Wildman–Crippen MR) is 44.8 cm³/mol. The van der Waals surface area contributed by atoms with Crippen molar-refractivity contribution in [2.75, 3.05) is 7.11 Å². The van der Waals surface area contributed by atoms with Crippen LogP contribution in [0.2, 0.25) is 0 Å². The van der Waals surface area contributed by atoms with Gasteiger partial charge in [-0.3, -0.25) is 9.59 Å². The summed E-state index contributed by atoms with van der Waals surface area (Å²) in [5.41, 5.74) is 0. The van der Waals surface area contributed by atoms with E-state index in [2.05, 4.69) is 4.74 Å². The van der Waals surface area contributed by atoms with Crippen LogP contribution >= 0.6 is 0 Å². The molecule has 0 amide bonds. The maximum atomic E-state index is 9.93. The third-order valence-corrected chi connectivity index (χ3v) is 1.32. The van der Waals surface area contributed by atoms with E-state index in [9.17, 15) is 9.59 Å². The molecule has 0 saturated carbocycles. The largest absolute Gasteiger partial charge is 0.481 e. The van der Waals surface area contributed by atoms with Crippen LogP contribution in [-0.4, -0.2) is 24.2 Å². The first-order chi connectivity index (χ1) is 5.45. The van der Waals surface area contributed by atoms with Crippen molar-refractivity contribution in [2.45, 2.75) is 27.2 Å². The zero-order valence-corrected chi connectivity index (χ0v) is 7.96. The number of rotatable bonds is 2. The molecule has 0 spiro atoms. The van der Waals surface area contributed by atoms with Gasteiger partial charge in [-0.25, -0.2) is 0 Å². The number of carboxylic acids is 1. The van der Waals surface area contributed by atoms with E-state index < -0.39 is 5.97 Å². The van der Waals surface area contributed by atoms with E-state index in [1.807, 2.05) is 6.92 Å². The molecular formula is C8H16O4. The van der Waals surface area contributed by atoms with Crippen LogP contribution in [0.3, 0.4) is 0 Å². The Hall–Kier alpha value is -1.06. The molecule has 1 unspecified atom stereocenters. The van der Waals surface area contributed by atoms with E-state index in [1.54, 1.807) is 6.92 Å². The average molecular weight is 176 g/mol. The highest BCUT2D eigenvalue weighted by Gasteiger charge is 2.05. The predicted octanol–water partition coefficient (Wildman–Crippen LogP) is 1.30. The van der Waals surface area contributed by atoms with Gasteiger partial charge in [0, 0.05) is 6.92 Å². The summed E-state index contributed by atoms with van der Waals surface area (Å²) in [6.07, 6.45) is 0.718. The van der Waals surface area contributed by atoms with Gasteiger partial charge in [0.15, 0.2) is 0 Å². The van der Waals surface area contributed by atoms with E-state index in [4.69, 9.17) is 5.11 Å². The molecule has 0 aromatic heterocycles. The number of aliphatic carboxylic acids is 1. The summed E-state index contributed by atoms with van der Waals surface area (Å²) in [4.78, 5) is 19.5. The van der Waals surface area contributed by atoms with Crippen LogP contribution in [0.25, 0.3) is 0 Å². The summed E-state index contributed by atoms with van der Waals surface area (Å²) >= 11 is 0. The van der Waals surface area contributed by atoms with Crippen LogP contribution in [0.1, 0.15) is 27.2 Å². The highest BCUT2D eigenvalue weighted by molar-refractivity contribution is 5.69. The molecule has 0 saturated heterocycles. The lowest BCUT2D eigenvalue weighted by atomic mass is 10.1. The molecule has 0 aliphatic heterocycles. The summed E-state index contributed by atoms with van der Waals surface area (Å²) in [6, 6.07) is 0. The van der Waals surface area contributed by atoms with Crippen LogP contribution in [0.5, 0.6) is 0 Å². The smallest absolute Gasteiger partial charge is 0.306 e. The summed E-state index contributed by atoms with van der Waals surface area (Å²) in [5, 5.41) is 8.18. The highest BCUT2D eigenvalue weighted by atomic mass is 16.5. The Labute approximate surface area is 72.5 Å². The van der Waals surface area contributed by atoms with Gasteiger partial charge in [0.05, 0.1) is 13.0 Å². The van der Waals surface area contributed by atoms with Crippen molar-refractivity contribution in [3.63, 3.8) is 0 Å². The number of carbonyl (C=O) groups is 2. The summed E-state index contributed by atoms with van der Waals surface area (Å²) < 4.78 is 4.11. The van der Waals surface area contributed by atoms with Gasteiger partial charge in [-0.1, -0.05) is 13.8 Å². The Morgan fingerprint density at radius 2 is 1.83 bits per heavy atom. The Kier molecular flexibility index (Phi) is 9.06. The van der Waals surface area contributed by atoms with Gasteiger partial charge >= 0.3 is 11.9 Å². The number of hydrogen-bond acceptors (Lipinski definition) is 3. The maximum Gasteiger partial charge on any atom is 0.306 e. The van der Waals surface area contributed by atoms with Crippen LogP contribution in [-0.2, 0) is 14.3 Å². The van der Waals surface area contributed by atoms with Gasteiger partial charge in [0.25, 0.3) is 0 Å². The second-order valence-electron chi connectivity index (χ2n) is 2.34. The van der Waals surface area contributed by atoms with Gasteiger partial charge in [-0.15, -0.1) is 0 Å². The molecule has 1 N–H and O–H groups in total. The van der Waals surface area contributed by atoms with Crippen molar-refractivity contribution in [1.82, 2.24) is 0 Å². The standard InChI is InChI=1S/C5H10O2.C3H6O2/c1-3-4(2)5(6)7;1-3(4)5-2/h4H,3H2,1-2H3,(H,6,7);1-2H3. The van der Waals surface area contributed by atoms with E-state index >= 15 is 0 Å². The van der Waals surface area contributed by atoms with Gasteiger partial charge in [0.2, 0.25) is 0 Å². The minimum absolute atomic E-state index is 0.181. The minimum atomic E-state index is -0.706. The first-order valence-electron chi connectivity index (χ1n) is 3.73. The molecule has 0 fully saturated rings. The molecule has 12 heavy (non-hydrogen) atoms. The minimum Gasteiger partial charge on any atom is -0.481 e.